The predicted octanol–water partition coefficient (Wildman–Crippen LogP) is 3.06. The molecule has 36 heavy (non-hydrogen) atoms. The van der Waals surface area contributed by atoms with Gasteiger partial charge in [-0.3, -0.25) is 19.3 Å². The molecule has 188 valence electrons. The molecule has 0 aliphatic carbocycles. The van der Waals surface area contributed by atoms with Gasteiger partial charge in [-0.1, -0.05) is 18.2 Å². The van der Waals surface area contributed by atoms with Crippen LogP contribution in [0.15, 0.2) is 65.7 Å². The maximum absolute atomic E-state index is 13.1. The van der Waals surface area contributed by atoms with E-state index in [4.69, 9.17) is 0 Å². The Hall–Kier alpha value is -3.85. The van der Waals surface area contributed by atoms with Crippen molar-refractivity contribution in [2.45, 2.75) is 38.8 Å². The molecule has 2 N–H and O–H groups in total. The number of piperazine rings is 1. The smallest absolute Gasteiger partial charge is 0.255 e. The largest absolute Gasteiger partial charge is 0.331 e. The fourth-order valence-electron chi connectivity index (χ4n) is 4.44. The lowest BCUT2D eigenvalue weighted by Gasteiger charge is -2.48. The monoisotopic (exact) mass is 491 g/mol. The number of benzene rings is 1. The number of carbonyl (C=O) groups excluding carboxylic acids is 2. The van der Waals surface area contributed by atoms with Crippen LogP contribution in [0, 0.1) is 5.82 Å². The van der Waals surface area contributed by atoms with Gasteiger partial charge in [0.1, 0.15) is 11.6 Å². The van der Waals surface area contributed by atoms with Crippen molar-refractivity contribution in [2.75, 3.05) is 25.0 Å². The minimum absolute atomic E-state index is 0.155. The van der Waals surface area contributed by atoms with Crippen molar-refractivity contribution in [2.24, 2.45) is 0 Å². The summed E-state index contributed by atoms with van der Waals surface area (Å²) in [7, 11) is 0. The van der Waals surface area contributed by atoms with Gasteiger partial charge >= 0.3 is 0 Å². The maximum atomic E-state index is 13.1. The van der Waals surface area contributed by atoms with Crippen molar-refractivity contribution in [3.63, 3.8) is 0 Å². The lowest BCUT2D eigenvalue weighted by molar-refractivity contribution is -0.122. The Labute approximate surface area is 209 Å². The van der Waals surface area contributed by atoms with E-state index in [1.807, 2.05) is 26.8 Å². The first-order valence-electron chi connectivity index (χ1n) is 11.9. The van der Waals surface area contributed by atoms with Gasteiger partial charge in [0.05, 0.1) is 17.1 Å². The Morgan fingerprint density at radius 1 is 1.08 bits per heavy atom. The van der Waals surface area contributed by atoms with Crippen LogP contribution in [0.3, 0.4) is 0 Å². The summed E-state index contributed by atoms with van der Waals surface area (Å²) in [5, 5.41) is 2.87. The summed E-state index contributed by atoms with van der Waals surface area (Å²) in [5.74, 6) is -0.141. The average Bonchev–Trinajstić information content (AvgIpc) is 2.85. The van der Waals surface area contributed by atoms with Gasteiger partial charge < -0.3 is 15.2 Å². The number of hydrogen-bond donors (Lipinski definition) is 2. The van der Waals surface area contributed by atoms with E-state index in [-0.39, 0.29) is 23.2 Å². The minimum atomic E-state index is -0.514. The second-order valence-electron chi connectivity index (χ2n) is 9.70. The van der Waals surface area contributed by atoms with Crippen LogP contribution in [-0.2, 0) is 11.2 Å². The first-order valence-corrected chi connectivity index (χ1v) is 11.9. The fraction of sp³-hybridized carbons (Fsp3) is 0.333. The molecule has 1 aliphatic heterocycles. The maximum Gasteiger partial charge on any atom is 0.255 e. The molecule has 3 aromatic rings. The number of pyridine rings is 2. The highest BCUT2D eigenvalue weighted by Gasteiger charge is 2.39. The first kappa shape index (κ1) is 25.2. The van der Waals surface area contributed by atoms with Gasteiger partial charge in [0.15, 0.2) is 0 Å². The second-order valence-corrected chi connectivity index (χ2v) is 9.70. The first-order chi connectivity index (χ1) is 17.1. The lowest BCUT2D eigenvalue weighted by atomic mass is 9.96. The van der Waals surface area contributed by atoms with Crippen molar-refractivity contribution in [3.05, 3.63) is 93.8 Å². The average molecular weight is 492 g/mol. The van der Waals surface area contributed by atoms with Gasteiger partial charge in [-0.05, 0) is 62.6 Å². The summed E-state index contributed by atoms with van der Waals surface area (Å²) in [6, 6.07) is 12.4. The number of hydrogen-bond acceptors (Lipinski definition) is 5. The Kier molecular flexibility index (Phi) is 7.30. The number of halogens is 1. The van der Waals surface area contributed by atoms with Crippen LogP contribution < -0.4 is 10.9 Å². The summed E-state index contributed by atoms with van der Waals surface area (Å²) in [6.45, 7) is 7.29. The molecule has 1 aromatic carbocycles. The molecular formula is C27H30FN5O3. The number of nitrogens with one attached hydrogen (secondary N) is 2. The molecule has 2 amide bonds. The van der Waals surface area contributed by atoms with Gasteiger partial charge in [0, 0.05) is 38.1 Å². The summed E-state index contributed by atoms with van der Waals surface area (Å²) >= 11 is 0. The molecule has 0 saturated carbocycles. The van der Waals surface area contributed by atoms with Crippen molar-refractivity contribution in [1.82, 2.24) is 19.8 Å². The molecule has 1 atom stereocenters. The molecule has 1 fully saturated rings. The molecule has 8 nitrogen and oxygen atoms in total. The third kappa shape index (κ3) is 5.85. The normalized spacial score (nSPS) is 16.4. The highest BCUT2D eigenvalue weighted by Crippen LogP contribution is 2.25. The van der Waals surface area contributed by atoms with Crippen LogP contribution in [0.2, 0.25) is 0 Å². The topological polar surface area (TPSA) is 98.4 Å². The lowest BCUT2D eigenvalue weighted by Crippen LogP contribution is -2.63. The van der Waals surface area contributed by atoms with E-state index in [9.17, 15) is 18.8 Å². The van der Waals surface area contributed by atoms with Gasteiger partial charge in [-0.15, -0.1) is 0 Å². The molecule has 2 aromatic heterocycles. The summed E-state index contributed by atoms with van der Waals surface area (Å²) < 4.78 is 13.1. The minimum Gasteiger partial charge on any atom is -0.331 e. The number of anilines is 1. The van der Waals surface area contributed by atoms with Crippen LogP contribution in [0.1, 0.15) is 42.3 Å². The van der Waals surface area contributed by atoms with Crippen molar-refractivity contribution in [3.8, 4) is 0 Å². The van der Waals surface area contributed by atoms with Crippen LogP contribution in [0.4, 0.5) is 10.2 Å². The number of rotatable bonds is 6. The van der Waals surface area contributed by atoms with E-state index in [1.54, 1.807) is 29.3 Å². The van der Waals surface area contributed by atoms with E-state index >= 15 is 0 Å². The quantitative estimate of drug-likeness (QED) is 0.552. The van der Waals surface area contributed by atoms with Crippen molar-refractivity contribution in [1.29, 1.82) is 0 Å². The number of H-pyrrole nitrogens is 1. The molecule has 1 aliphatic rings. The number of aromatic nitrogens is 2. The van der Waals surface area contributed by atoms with Crippen molar-refractivity contribution < 1.29 is 14.0 Å². The highest BCUT2D eigenvalue weighted by molar-refractivity contribution is 5.95. The Morgan fingerprint density at radius 2 is 1.81 bits per heavy atom. The second kappa shape index (κ2) is 10.4. The molecule has 0 spiro atoms. The predicted molar refractivity (Wildman–Crippen MR) is 135 cm³/mol. The van der Waals surface area contributed by atoms with Crippen LogP contribution >= 0.6 is 0 Å². The fourth-order valence-corrected chi connectivity index (χ4v) is 4.44. The zero-order valence-electron chi connectivity index (χ0n) is 20.6. The Morgan fingerprint density at radius 3 is 2.42 bits per heavy atom. The molecule has 1 saturated heterocycles. The third-order valence-electron chi connectivity index (χ3n) is 6.53. The van der Waals surface area contributed by atoms with E-state index in [0.29, 0.717) is 37.4 Å². The molecular weight excluding hydrogens is 461 g/mol. The highest BCUT2D eigenvalue weighted by atomic mass is 19.1. The van der Waals surface area contributed by atoms with E-state index in [0.717, 1.165) is 11.1 Å². The molecule has 9 heteroatoms. The molecule has 1 unspecified atom stereocenters. The zero-order valence-corrected chi connectivity index (χ0v) is 20.6. The molecule has 4 rings (SSSR count). The van der Waals surface area contributed by atoms with Crippen LogP contribution in [-0.4, -0.2) is 62.8 Å². The van der Waals surface area contributed by atoms with E-state index in [2.05, 4.69) is 20.2 Å². The summed E-state index contributed by atoms with van der Waals surface area (Å²) in [4.78, 5) is 48.0. The number of aromatic amines is 1. The van der Waals surface area contributed by atoms with Gasteiger partial charge in [0.2, 0.25) is 11.5 Å². The zero-order chi connectivity index (χ0) is 25.9. The summed E-state index contributed by atoms with van der Waals surface area (Å²) in [5.41, 5.74) is 1.59. The van der Waals surface area contributed by atoms with Crippen LogP contribution in [0.25, 0.3) is 0 Å². The summed E-state index contributed by atoms with van der Waals surface area (Å²) in [6.07, 6.45) is 3.75. The molecule has 0 bridgehead atoms. The van der Waals surface area contributed by atoms with E-state index < -0.39 is 11.6 Å². The molecule has 3 heterocycles. The Balaban J connectivity index is 1.34. The standard InChI is InChI=1S/C27H30FN5O3/c1-18(25(35)31-23-10-6-20(15-29-23)14-19-4-8-22(28)9-5-19)32-12-13-33(27(2,3)17-32)26(36)21-7-11-24(34)30-16-21/h4-11,15-16,18H,12-14,17H2,1-3H3,(H,30,34)(H,29,31,35). The van der Waals surface area contributed by atoms with Gasteiger partial charge in [0.25, 0.3) is 5.91 Å². The van der Waals surface area contributed by atoms with E-state index in [1.165, 1.54) is 30.5 Å². The van der Waals surface area contributed by atoms with Gasteiger partial charge in [-0.25, -0.2) is 9.37 Å². The Bertz CT molecular complexity index is 1270. The molecule has 0 radical (unpaired) electrons. The van der Waals surface area contributed by atoms with Crippen LogP contribution in [0.5, 0.6) is 0 Å². The van der Waals surface area contributed by atoms with Crippen molar-refractivity contribution >= 4 is 17.6 Å². The van der Waals surface area contributed by atoms with Gasteiger partial charge in [-0.2, -0.15) is 0 Å². The third-order valence-corrected chi connectivity index (χ3v) is 6.53. The SMILES string of the molecule is CC(C(=O)Nc1ccc(Cc2ccc(F)cc2)cn1)N1CCN(C(=O)c2ccc(=O)[nH]c2)C(C)(C)C1. The number of amides is 2. The number of carbonyl (C=O) groups is 2. The number of nitrogens with zero attached hydrogens (tertiary/aromatic N) is 3.